The number of ketones is 1. The third kappa shape index (κ3) is 5.31. The molecule has 1 saturated heterocycles. The monoisotopic (exact) mass is 346 g/mol. The van der Waals surface area contributed by atoms with Crippen LogP contribution in [0, 0.1) is 5.92 Å². The Labute approximate surface area is 148 Å². The molecule has 0 spiro atoms. The van der Waals surface area contributed by atoms with Gasteiger partial charge < -0.3 is 15.0 Å². The first-order valence-electron chi connectivity index (χ1n) is 8.69. The zero-order valence-electron chi connectivity index (χ0n) is 15.1. The molecule has 6 heteroatoms. The minimum Gasteiger partial charge on any atom is -0.484 e. The van der Waals surface area contributed by atoms with Gasteiger partial charge in [-0.1, -0.05) is 13.3 Å². The smallest absolute Gasteiger partial charge is 0.260 e. The Morgan fingerprint density at radius 2 is 1.84 bits per heavy atom. The number of nitrogens with zero attached hydrogens (tertiary/aromatic N) is 1. The molecule has 0 saturated carbocycles. The second kappa shape index (κ2) is 8.65. The van der Waals surface area contributed by atoms with Crippen molar-refractivity contribution in [3.05, 3.63) is 29.8 Å². The molecular weight excluding hydrogens is 320 g/mol. The predicted octanol–water partition coefficient (Wildman–Crippen LogP) is 2.03. The highest BCUT2D eigenvalue weighted by Crippen LogP contribution is 2.22. The first-order valence-corrected chi connectivity index (χ1v) is 8.69. The first-order chi connectivity index (χ1) is 11.9. The van der Waals surface area contributed by atoms with Crippen LogP contribution in [0.3, 0.4) is 0 Å². The van der Waals surface area contributed by atoms with Gasteiger partial charge in [-0.3, -0.25) is 14.4 Å². The Hall–Kier alpha value is -2.37. The van der Waals surface area contributed by atoms with Crippen molar-refractivity contribution in [2.24, 2.45) is 5.92 Å². The number of nitrogens with one attached hydrogen (secondary N) is 1. The number of benzene rings is 1. The molecule has 2 amide bonds. The van der Waals surface area contributed by atoms with Crippen molar-refractivity contribution in [2.45, 2.75) is 39.7 Å². The molecule has 0 radical (unpaired) electrons. The third-order valence-corrected chi connectivity index (χ3v) is 4.46. The summed E-state index contributed by atoms with van der Waals surface area (Å²) < 4.78 is 5.54. The summed E-state index contributed by atoms with van der Waals surface area (Å²) >= 11 is 0. The topological polar surface area (TPSA) is 75.7 Å². The largest absolute Gasteiger partial charge is 0.484 e. The van der Waals surface area contributed by atoms with E-state index in [4.69, 9.17) is 4.74 Å². The summed E-state index contributed by atoms with van der Waals surface area (Å²) in [6.45, 7) is 6.22. The van der Waals surface area contributed by atoms with E-state index >= 15 is 0 Å². The molecule has 0 bridgehead atoms. The molecule has 1 heterocycles. The van der Waals surface area contributed by atoms with Gasteiger partial charge >= 0.3 is 0 Å². The first kappa shape index (κ1) is 19.0. The van der Waals surface area contributed by atoms with E-state index in [9.17, 15) is 14.4 Å². The molecule has 1 aliphatic heterocycles. The number of carbonyl (C=O) groups excluding carboxylic acids is 3. The number of hydrogen-bond acceptors (Lipinski definition) is 4. The Morgan fingerprint density at radius 1 is 1.16 bits per heavy atom. The van der Waals surface area contributed by atoms with Crippen molar-refractivity contribution >= 4 is 17.6 Å². The van der Waals surface area contributed by atoms with Gasteiger partial charge in [-0.05, 0) is 43.5 Å². The maximum absolute atomic E-state index is 12.4. The van der Waals surface area contributed by atoms with E-state index in [2.05, 4.69) is 12.2 Å². The molecule has 6 nitrogen and oxygen atoms in total. The lowest BCUT2D eigenvalue weighted by molar-refractivity contribution is -0.132. The van der Waals surface area contributed by atoms with Crippen LogP contribution >= 0.6 is 0 Å². The SMILES string of the molecule is CCC[C@@H]1CN(C(=O)COc2ccc(C(C)=O)cc2)C[C@H]1NC(C)=O. The van der Waals surface area contributed by atoms with Crippen LogP contribution in [0.25, 0.3) is 0 Å². The molecule has 25 heavy (non-hydrogen) atoms. The Morgan fingerprint density at radius 3 is 2.40 bits per heavy atom. The number of carbonyl (C=O) groups is 3. The van der Waals surface area contributed by atoms with E-state index in [0.29, 0.717) is 24.4 Å². The van der Waals surface area contributed by atoms with Gasteiger partial charge in [-0.2, -0.15) is 0 Å². The molecule has 1 aliphatic rings. The number of amides is 2. The quantitative estimate of drug-likeness (QED) is 0.767. The number of hydrogen-bond donors (Lipinski definition) is 1. The summed E-state index contributed by atoms with van der Waals surface area (Å²) in [7, 11) is 0. The summed E-state index contributed by atoms with van der Waals surface area (Å²) in [4.78, 5) is 36.8. The van der Waals surface area contributed by atoms with Gasteiger partial charge in [0, 0.05) is 25.6 Å². The second-order valence-corrected chi connectivity index (χ2v) is 6.52. The van der Waals surface area contributed by atoms with E-state index in [0.717, 1.165) is 12.8 Å². The molecule has 1 aromatic rings. The standard InChI is InChI=1S/C19H26N2O4/c1-4-5-16-10-21(11-18(16)20-14(3)23)19(24)12-25-17-8-6-15(7-9-17)13(2)22/h6-9,16,18H,4-5,10-12H2,1-3H3,(H,20,23)/t16-,18-/m1/s1. The van der Waals surface area contributed by atoms with Gasteiger partial charge in [0.2, 0.25) is 5.91 Å². The molecule has 2 rings (SSSR count). The van der Waals surface area contributed by atoms with Crippen LogP contribution in [-0.2, 0) is 9.59 Å². The van der Waals surface area contributed by atoms with E-state index in [1.165, 1.54) is 13.8 Å². The fourth-order valence-corrected chi connectivity index (χ4v) is 3.19. The number of rotatable bonds is 7. The van der Waals surface area contributed by atoms with Crippen molar-refractivity contribution in [2.75, 3.05) is 19.7 Å². The summed E-state index contributed by atoms with van der Waals surface area (Å²) in [5.74, 6) is 0.672. The summed E-state index contributed by atoms with van der Waals surface area (Å²) in [5.41, 5.74) is 0.610. The van der Waals surface area contributed by atoms with Crippen LogP contribution in [0.4, 0.5) is 0 Å². The lowest BCUT2D eigenvalue weighted by Gasteiger charge is -2.17. The minimum absolute atomic E-state index is 0.00864. The molecule has 0 aliphatic carbocycles. The van der Waals surface area contributed by atoms with E-state index in [1.807, 2.05) is 0 Å². The second-order valence-electron chi connectivity index (χ2n) is 6.52. The predicted molar refractivity (Wildman–Crippen MR) is 94.5 cm³/mol. The minimum atomic E-state index is -0.0930. The summed E-state index contributed by atoms with van der Waals surface area (Å²) in [5, 5.41) is 2.95. The maximum Gasteiger partial charge on any atom is 0.260 e. The van der Waals surface area contributed by atoms with E-state index in [-0.39, 0.29) is 36.2 Å². The molecule has 1 aromatic carbocycles. The highest BCUT2D eigenvalue weighted by atomic mass is 16.5. The highest BCUT2D eigenvalue weighted by Gasteiger charge is 2.35. The van der Waals surface area contributed by atoms with Crippen LogP contribution in [0.1, 0.15) is 44.0 Å². The van der Waals surface area contributed by atoms with Crippen molar-refractivity contribution in [3.63, 3.8) is 0 Å². The van der Waals surface area contributed by atoms with Crippen molar-refractivity contribution in [1.29, 1.82) is 0 Å². The lowest BCUT2D eigenvalue weighted by atomic mass is 9.98. The molecule has 1 fully saturated rings. The van der Waals surface area contributed by atoms with E-state index < -0.39 is 0 Å². The zero-order valence-corrected chi connectivity index (χ0v) is 15.1. The van der Waals surface area contributed by atoms with Gasteiger partial charge in [0.15, 0.2) is 12.4 Å². The summed E-state index contributed by atoms with van der Waals surface area (Å²) in [6, 6.07) is 6.75. The molecule has 0 unspecified atom stereocenters. The fraction of sp³-hybridized carbons (Fsp3) is 0.526. The van der Waals surface area contributed by atoms with Crippen LogP contribution < -0.4 is 10.1 Å². The lowest BCUT2D eigenvalue weighted by Crippen LogP contribution is -2.40. The fourth-order valence-electron chi connectivity index (χ4n) is 3.19. The molecule has 1 N–H and O–H groups in total. The average Bonchev–Trinajstić information content (AvgIpc) is 2.95. The molecule has 0 aromatic heterocycles. The Balaban J connectivity index is 1.89. The molecule has 136 valence electrons. The Kier molecular flexibility index (Phi) is 6.56. The number of Topliss-reactive ketones (excluding diaryl/α,β-unsaturated/α-hetero) is 1. The highest BCUT2D eigenvalue weighted by molar-refractivity contribution is 5.94. The average molecular weight is 346 g/mol. The van der Waals surface area contributed by atoms with Crippen LogP contribution in [0.2, 0.25) is 0 Å². The molecular formula is C19H26N2O4. The van der Waals surface area contributed by atoms with Crippen LogP contribution in [0.5, 0.6) is 5.75 Å². The van der Waals surface area contributed by atoms with Gasteiger partial charge in [0.05, 0.1) is 6.04 Å². The van der Waals surface area contributed by atoms with Crippen LogP contribution in [0.15, 0.2) is 24.3 Å². The van der Waals surface area contributed by atoms with Crippen molar-refractivity contribution in [3.8, 4) is 5.75 Å². The van der Waals surface area contributed by atoms with Gasteiger partial charge in [0.1, 0.15) is 5.75 Å². The van der Waals surface area contributed by atoms with Gasteiger partial charge in [0.25, 0.3) is 5.91 Å². The van der Waals surface area contributed by atoms with Crippen LogP contribution in [-0.4, -0.2) is 48.2 Å². The van der Waals surface area contributed by atoms with Crippen molar-refractivity contribution in [1.82, 2.24) is 10.2 Å². The van der Waals surface area contributed by atoms with Gasteiger partial charge in [-0.15, -0.1) is 0 Å². The Bertz CT molecular complexity index is 627. The summed E-state index contributed by atoms with van der Waals surface area (Å²) in [6.07, 6.45) is 1.99. The zero-order chi connectivity index (χ0) is 18.4. The third-order valence-electron chi connectivity index (χ3n) is 4.46. The number of likely N-dealkylation sites (tertiary alicyclic amines) is 1. The van der Waals surface area contributed by atoms with Gasteiger partial charge in [-0.25, -0.2) is 0 Å². The normalized spacial score (nSPS) is 19.6. The van der Waals surface area contributed by atoms with Crippen molar-refractivity contribution < 1.29 is 19.1 Å². The maximum atomic E-state index is 12.4. The van der Waals surface area contributed by atoms with E-state index in [1.54, 1.807) is 29.2 Å². The molecule has 2 atom stereocenters. The number of ether oxygens (including phenoxy) is 1.